The maximum atomic E-state index is 13.8. The van der Waals surface area contributed by atoms with Gasteiger partial charge in [0.15, 0.2) is 5.65 Å². The Balaban J connectivity index is 1.34. The van der Waals surface area contributed by atoms with E-state index in [2.05, 4.69) is 15.2 Å². The van der Waals surface area contributed by atoms with Gasteiger partial charge in [-0.1, -0.05) is 18.2 Å². The minimum Gasteiger partial charge on any atom is -0.367 e. The van der Waals surface area contributed by atoms with Crippen molar-refractivity contribution in [2.45, 2.75) is 44.2 Å². The highest BCUT2D eigenvalue weighted by Gasteiger charge is 2.28. The number of nitrogens with one attached hydrogen (secondary N) is 1. The van der Waals surface area contributed by atoms with Gasteiger partial charge in [-0.15, -0.1) is 5.10 Å². The molecule has 0 amide bonds. The molecule has 2 aliphatic rings. The Labute approximate surface area is 186 Å². The van der Waals surface area contributed by atoms with Crippen molar-refractivity contribution >= 4 is 17.3 Å². The van der Waals surface area contributed by atoms with Crippen molar-refractivity contribution in [3.05, 3.63) is 72.2 Å². The molecule has 3 aromatic heterocycles. The van der Waals surface area contributed by atoms with Crippen LogP contribution in [0.25, 0.3) is 17.0 Å². The molecule has 0 unspecified atom stereocenters. The van der Waals surface area contributed by atoms with Crippen LogP contribution in [0.5, 0.6) is 0 Å². The molecule has 1 saturated heterocycles. The number of pyridine rings is 1. The van der Waals surface area contributed by atoms with Crippen LogP contribution in [0.15, 0.2) is 60.8 Å². The molecule has 162 valence electrons. The average molecular weight is 429 g/mol. The topological polar surface area (TPSA) is 58.4 Å². The fourth-order valence-electron chi connectivity index (χ4n) is 4.71. The Kier molecular flexibility index (Phi) is 4.74. The third kappa shape index (κ3) is 3.47. The number of hydrogen-bond donors (Lipinski definition) is 1. The minimum absolute atomic E-state index is 0.121. The van der Waals surface area contributed by atoms with Crippen LogP contribution in [-0.2, 0) is 0 Å². The summed E-state index contributed by atoms with van der Waals surface area (Å²) in [5.74, 6) is 1.56. The van der Waals surface area contributed by atoms with Gasteiger partial charge in [0, 0.05) is 12.6 Å². The second-order valence-corrected chi connectivity index (χ2v) is 8.69. The molecular formula is C25H25FN6. The maximum absolute atomic E-state index is 13.8. The highest BCUT2D eigenvalue weighted by Crippen LogP contribution is 2.35. The molecule has 0 radical (unpaired) electrons. The highest BCUT2D eigenvalue weighted by molar-refractivity contribution is 5.62. The zero-order valence-electron chi connectivity index (χ0n) is 17.8. The van der Waals surface area contributed by atoms with Crippen molar-refractivity contribution in [3.63, 3.8) is 0 Å². The van der Waals surface area contributed by atoms with Crippen molar-refractivity contribution in [1.82, 2.24) is 19.6 Å². The summed E-state index contributed by atoms with van der Waals surface area (Å²) in [6, 6.07) is 17.6. The van der Waals surface area contributed by atoms with Gasteiger partial charge in [-0.3, -0.25) is 0 Å². The fraction of sp³-hybridized carbons (Fsp3) is 0.320. The van der Waals surface area contributed by atoms with E-state index in [1.165, 1.54) is 25.3 Å². The zero-order valence-corrected chi connectivity index (χ0v) is 17.8. The maximum Gasteiger partial charge on any atom is 0.154 e. The molecule has 1 N–H and O–H groups in total. The van der Waals surface area contributed by atoms with Gasteiger partial charge in [-0.25, -0.2) is 18.9 Å². The van der Waals surface area contributed by atoms with E-state index in [0.29, 0.717) is 6.04 Å². The number of fused-ring (bicyclic) bond motifs is 1. The molecule has 1 aliphatic carbocycles. The lowest BCUT2D eigenvalue weighted by Gasteiger charge is -2.27. The summed E-state index contributed by atoms with van der Waals surface area (Å²) in [6.45, 7) is 0.892. The van der Waals surface area contributed by atoms with Gasteiger partial charge in [0.2, 0.25) is 0 Å². The number of anilines is 2. The highest BCUT2D eigenvalue weighted by atomic mass is 19.1. The Hall–Kier alpha value is -3.48. The summed E-state index contributed by atoms with van der Waals surface area (Å²) in [5.41, 5.74) is 3.48. The number of aromatic nitrogens is 4. The lowest BCUT2D eigenvalue weighted by Crippen LogP contribution is -2.27. The van der Waals surface area contributed by atoms with Gasteiger partial charge in [0.05, 0.1) is 17.9 Å². The van der Waals surface area contributed by atoms with Crippen LogP contribution < -0.4 is 10.2 Å². The number of nitrogens with zero attached hydrogens (tertiary/aromatic N) is 5. The predicted octanol–water partition coefficient (Wildman–Crippen LogP) is 5.24. The fourth-order valence-corrected chi connectivity index (χ4v) is 4.71. The van der Waals surface area contributed by atoms with Gasteiger partial charge in [-0.05, 0) is 74.1 Å². The third-order valence-corrected chi connectivity index (χ3v) is 6.60. The van der Waals surface area contributed by atoms with Crippen LogP contribution in [0, 0.1) is 5.82 Å². The Morgan fingerprint density at radius 1 is 0.969 bits per heavy atom. The van der Waals surface area contributed by atoms with E-state index >= 15 is 0 Å². The molecule has 1 aliphatic heterocycles. The van der Waals surface area contributed by atoms with E-state index in [-0.39, 0.29) is 11.9 Å². The van der Waals surface area contributed by atoms with Crippen molar-refractivity contribution in [2.75, 3.05) is 16.8 Å². The Bertz CT molecular complexity index is 1260. The van der Waals surface area contributed by atoms with E-state index in [1.807, 2.05) is 47.1 Å². The quantitative estimate of drug-likeness (QED) is 0.471. The number of halogens is 1. The monoisotopic (exact) mass is 428 g/mol. The molecular weight excluding hydrogens is 403 g/mol. The first kappa shape index (κ1) is 19.2. The van der Waals surface area contributed by atoms with Crippen LogP contribution in [0.1, 0.15) is 43.7 Å². The van der Waals surface area contributed by atoms with Crippen LogP contribution in [0.3, 0.4) is 0 Å². The van der Waals surface area contributed by atoms with Crippen molar-refractivity contribution in [2.24, 2.45) is 0 Å². The molecule has 6 rings (SSSR count). The normalized spacial score (nSPS) is 18.8. The summed E-state index contributed by atoms with van der Waals surface area (Å²) in [6.07, 6.45) is 7.55. The summed E-state index contributed by atoms with van der Waals surface area (Å²) in [4.78, 5) is 11.6. The van der Waals surface area contributed by atoms with Gasteiger partial charge in [0.25, 0.3) is 0 Å². The first-order chi connectivity index (χ1) is 15.7. The largest absolute Gasteiger partial charge is 0.367 e. The van der Waals surface area contributed by atoms with E-state index in [9.17, 15) is 4.39 Å². The smallest absolute Gasteiger partial charge is 0.154 e. The van der Waals surface area contributed by atoms with Crippen molar-refractivity contribution < 1.29 is 4.39 Å². The van der Waals surface area contributed by atoms with Crippen LogP contribution in [0.4, 0.5) is 16.0 Å². The molecule has 1 saturated carbocycles. The van der Waals surface area contributed by atoms with Gasteiger partial charge in [-0.2, -0.15) is 0 Å². The van der Waals surface area contributed by atoms with Gasteiger partial charge >= 0.3 is 0 Å². The average Bonchev–Trinajstić information content (AvgIpc) is 3.43. The van der Waals surface area contributed by atoms with Crippen LogP contribution in [-0.4, -0.2) is 32.2 Å². The molecule has 1 atom stereocenters. The minimum atomic E-state index is -0.198. The number of hydrogen-bond acceptors (Lipinski definition) is 5. The molecule has 1 aromatic carbocycles. The molecule has 4 aromatic rings. The molecule has 2 fully saturated rings. The lowest BCUT2D eigenvalue weighted by molar-refractivity contribution is 0.444. The first-order valence-corrected chi connectivity index (χ1v) is 11.4. The zero-order chi connectivity index (χ0) is 21.5. The van der Waals surface area contributed by atoms with Crippen molar-refractivity contribution in [3.8, 4) is 11.4 Å². The van der Waals surface area contributed by atoms with E-state index in [1.54, 1.807) is 12.1 Å². The number of rotatable bonds is 5. The Morgan fingerprint density at radius 2 is 1.88 bits per heavy atom. The summed E-state index contributed by atoms with van der Waals surface area (Å²) in [5, 5.41) is 8.45. The van der Waals surface area contributed by atoms with Gasteiger partial charge in [0.1, 0.15) is 23.1 Å². The van der Waals surface area contributed by atoms with Crippen molar-refractivity contribution in [1.29, 1.82) is 0 Å². The molecule has 0 bridgehead atoms. The lowest BCUT2D eigenvalue weighted by atomic mass is 9.93. The molecule has 7 heteroatoms. The molecule has 6 nitrogen and oxygen atoms in total. The van der Waals surface area contributed by atoms with Crippen LogP contribution in [0.2, 0.25) is 0 Å². The SMILES string of the molecule is Fc1cccc([C@H]2CCCN2c2ccc3ncc(-c4cccc(NC5CCC5)n4)n3n2)c1. The van der Waals surface area contributed by atoms with E-state index in [0.717, 1.165) is 53.6 Å². The summed E-state index contributed by atoms with van der Waals surface area (Å²) < 4.78 is 15.7. The third-order valence-electron chi connectivity index (χ3n) is 6.60. The number of imidazole rings is 1. The summed E-state index contributed by atoms with van der Waals surface area (Å²) in [7, 11) is 0. The second kappa shape index (κ2) is 7.89. The van der Waals surface area contributed by atoms with E-state index in [4.69, 9.17) is 10.1 Å². The molecule has 4 heterocycles. The molecule has 32 heavy (non-hydrogen) atoms. The predicted molar refractivity (Wildman–Crippen MR) is 123 cm³/mol. The number of benzene rings is 1. The first-order valence-electron chi connectivity index (χ1n) is 11.4. The van der Waals surface area contributed by atoms with Crippen LogP contribution >= 0.6 is 0 Å². The van der Waals surface area contributed by atoms with Gasteiger partial charge < -0.3 is 10.2 Å². The summed E-state index contributed by atoms with van der Waals surface area (Å²) >= 11 is 0. The van der Waals surface area contributed by atoms with E-state index < -0.39 is 0 Å². The Morgan fingerprint density at radius 3 is 2.72 bits per heavy atom. The molecule has 0 spiro atoms. The second-order valence-electron chi connectivity index (χ2n) is 8.69. The standard InChI is InChI=1S/C25H25FN6/c26-18-6-1-5-17(15-18)21-10-4-14-31(21)25-13-12-24-27-16-22(32(24)30-25)20-9-3-11-23(29-20)28-19-7-2-8-19/h1,3,5-6,9,11-13,15-16,19,21H,2,4,7-8,10,14H2,(H,28,29)/t21-/m1/s1.